The molecule has 1 unspecified atom stereocenters. The maximum Gasteiger partial charge on any atom is 0.254 e. The Morgan fingerprint density at radius 3 is 2.42 bits per heavy atom. The summed E-state index contributed by atoms with van der Waals surface area (Å²) in [5.41, 5.74) is 4.66. The summed E-state index contributed by atoms with van der Waals surface area (Å²) in [4.78, 5) is 33.0. The van der Waals surface area contributed by atoms with Gasteiger partial charge in [0.15, 0.2) is 0 Å². The first-order valence-corrected chi connectivity index (χ1v) is 13.2. The molecule has 2 saturated heterocycles. The van der Waals surface area contributed by atoms with E-state index in [0.717, 1.165) is 61.5 Å². The number of ether oxygens (including phenoxy) is 1. The number of aryl methyl sites for hydroxylation is 1. The molecule has 1 N–H and O–H groups in total. The van der Waals surface area contributed by atoms with Crippen LogP contribution in [0.2, 0.25) is 0 Å². The van der Waals surface area contributed by atoms with Gasteiger partial charge in [0.25, 0.3) is 5.91 Å². The Hall–Kier alpha value is -2.90. The molecule has 0 radical (unpaired) electrons. The first-order chi connectivity index (χ1) is 17.3. The second kappa shape index (κ2) is 11.9. The van der Waals surface area contributed by atoms with Gasteiger partial charge in [0.05, 0.1) is 6.10 Å². The molecule has 2 heterocycles. The summed E-state index contributed by atoms with van der Waals surface area (Å²) < 4.78 is 5.79. The van der Waals surface area contributed by atoms with Gasteiger partial charge < -0.3 is 19.9 Å². The molecule has 0 aromatic heterocycles. The third-order valence-corrected chi connectivity index (χ3v) is 7.47. The van der Waals surface area contributed by atoms with Crippen molar-refractivity contribution in [2.45, 2.75) is 52.7 Å². The molecule has 7 heteroatoms. The van der Waals surface area contributed by atoms with Crippen LogP contribution in [0.4, 0.5) is 11.4 Å². The van der Waals surface area contributed by atoms with Gasteiger partial charge in [-0.05, 0) is 82.0 Å². The first-order valence-electron chi connectivity index (χ1n) is 13.2. The van der Waals surface area contributed by atoms with Gasteiger partial charge in [-0.3, -0.25) is 14.5 Å². The quantitative estimate of drug-likeness (QED) is 0.601. The summed E-state index contributed by atoms with van der Waals surface area (Å²) in [7, 11) is 0. The van der Waals surface area contributed by atoms with Crippen molar-refractivity contribution >= 4 is 23.2 Å². The molecular formula is C29H40N4O3. The number of carbonyl (C=O) groups is 2. The van der Waals surface area contributed by atoms with Crippen molar-refractivity contribution in [3.8, 4) is 0 Å². The van der Waals surface area contributed by atoms with Crippen molar-refractivity contribution in [3.05, 3.63) is 59.2 Å². The van der Waals surface area contributed by atoms with E-state index < -0.39 is 0 Å². The minimum absolute atomic E-state index is 0.00894. The summed E-state index contributed by atoms with van der Waals surface area (Å²) in [6.07, 6.45) is 1.86. The van der Waals surface area contributed by atoms with Crippen molar-refractivity contribution in [3.63, 3.8) is 0 Å². The number of hydrogen-bond acceptors (Lipinski definition) is 5. The van der Waals surface area contributed by atoms with E-state index in [2.05, 4.69) is 29.0 Å². The zero-order valence-corrected chi connectivity index (χ0v) is 22.1. The Morgan fingerprint density at radius 2 is 1.78 bits per heavy atom. The Balaban J connectivity index is 1.43. The van der Waals surface area contributed by atoms with Gasteiger partial charge in [-0.1, -0.05) is 12.1 Å². The molecule has 7 nitrogen and oxygen atoms in total. The third kappa shape index (κ3) is 6.45. The standard InChI is InChI=1S/C29H40N4O3/c1-21(2)31-14-16-32(17-15-31)25-12-10-24(11-13-25)29(35)33(19-26-8-6-18-36-26)20-28(34)30-27-9-5-7-22(3)23(27)4/h5,7,9-13,21,26H,6,8,14-20H2,1-4H3,(H,30,34). The lowest BCUT2D eigenvalue weighted by Crippen LogP contribution is -2.48. The second-order valence-electron chi connectivity index (χ2n) is 10.3. The van der Waals surface area contributed by atoms with E-state index in [0.29, 0.717) is 24.8 Å². The SMILES string of the molecule is Cc1cccc(NC(=O)CN(CC2CCCO2)C(=O)c2ccc(N3CCN(C(C)C)CC3)cc2)c1C. The van der Waals surface area contributed by atoms with Gasteiger partial charge in [0.1, 0.15) is 6.54 Å². The fraction of sp³-hybridized carbons (Fsp3) is 0.517. The predicted molar refractivity (Wildman–Crippen MR) is 145 cm³/mol. The molecule has 0 saturated carbocycles. The van der Waals surface area contributed by atoms with E-state index >= 15 is 0 Å². The number of hydrogen-bond donors (Lipinski definition) is 1. The highest BCUT2D eigenvalue weighted by Crippen LogP contribution is 2.21. The summed E-state index contributed by atoms with van der Waals surface area (Å²) in [6.45, 7) is 13.7. The van der Waals surface area contributed by atoms with Crippen molar-refractivity contribution in [1.82, 2.24) is 9.80 Å². The van der Waals surface area contributed by atoms with Crippen molar-refractivity contribution < 1.29 is 14.3 Å². The van der Waals surface area contributed by atoms with Crippen LogP contribution >= 0.6 is 0 Å². The average Bonchev–Trinajstić information content (AvgIpc) is 3.39. The van der Waals surface area contributed by atoms with Crippen molar-refractivity contribution in [2.24, 2.45) is 0 Å². The molecule has 2 fully saturated rings. The Labute approximate surface area is 215 Å². The lowest BCUT2D eigenvalue weighted by molar-refractivity contribution is -0.117. The maximum absolute atomic E-state index is 13.5. The molecule has 1 atom stereocenters. The van der Waals surface area contributed by atoms with Gasteiger partial charge in [0.2, 0.25) is 5.91 Å². The van der Waals surface area contributed by atoms with Gasteiger partial charge in [-0.25, -0.2) is 0 Å². The molecule has 2 aromatic rings. The third-order valence-electron chi connectivity index (χ3n) is 7.47. The molecule has 2 aliphatic heterocycles. The lowest BCUT2D eigenvalue weighted by atomic mass is 10.1. The number of amides is 2. The molecule has 194 valence electrons. The van der Waals surface area contributed by atoms with Crippen LogP contribution in [0.15, 0.2) is 42.5 Å². The highest BCUT2D eigenvalue weighted by Gasteiger charge is 2.26. The number of benzene rings is 2. The molecular weight excluding hydrogens is 452 g/mol. The average molecular weight is 493 g/mol. The number of rotatable bonds is 8. The molecule has 0 bridgehead atoms. The molecule has 36 heavy (non-hydrogen) atoms. The van der Waals surface area contributed by atoms with Crippen molar-refractivity contribution in [2.75, 3.05) is 56.1 Å². The van der Waals surface area contributed by atoms with Gasteiger partial charge in [-0.2, -0.15) is 0 Å². The lowest BCUT2D eigenvalue weighted by Gasteiger charge is -2.38. The highest BCUT2D eigenvalue weighted by atomic mass is 16.5. The van der Waals surface area contributed by atoms with Crippen LogP contribution in [0.25, 0.3) is 0 Å². The number of nitrogens with zero attached hydrogens (tertiary/aromatic N) is 3. The Bertz CT molecular complexity index is 1040. The summed E-state index contributed by atoms with van der Waals surface area (Å²) in [6, 6.07) is 14.2. The van der Waals surface area contributed by atoms with E-state index in [1.54, 1.807) is 4.90 Å². The van der Waals surface area contributed by atoms with Crippen LogP contribution in [0.1, 0.15) is 48.2 Å². The smallest absolute Gasteiger partial charge is 0.254 e. The zero-order chi connectivity index (χ0) is 25.7. The van der Waals surface area contributed by atoms with E-state index in [-0.39, 0.29) is 24.5 Å². The van der Waals surface area contributed by atoms with Crippen LogP contribution < -0.4 is 10.2 Å². The van der Waals surface area contributed by atoms with E-state index in [1.807, 2.05) is 56.3 Å². The van der Waals surface area contributed by atoms with Crippen LogP contribution in [-0.2, 0) is 9.53 Å². The minimum atomic E-state index is -0.199. The highest BCUT2D eigenvalue weighted by molar-refractivity contribution is 5.99. The molecule has 0 spiro atoms. The van der Waals surface area contributed by atoms with Crippen LogP contribution in [-0.4, -0.2) is 79.6 Å². The predicted octanol–water partition coefficient (Wildman–Crippen LogP) is 4.09. The Morgan fingerprint density at radius 1 is 1.06 bits per heavy atom. The number of nitrogens with one attached hydrogen (secondary N) is 1. The van der Waals surface area contributed by atoms with Crippen molar-refractivity contribution in [1.29, 1.82) is 0 Å². The van der Waals surface area contributed by atoms with Crippen LogP contribution in [0, 0.1) is 13.8 Å². The number of piperazine rings is 1. The molecule has 2 aromatic carbocycles. The number of anilines is 2. The monoisotopic (exact) mass is 492 g/mol. The van der Waals surface area contributed by atoms with Crippen LogP contribution in [0.3, 0.4) is 0 Å². The second-order valence-corrected chi connectivity index (χ2v) is 10.3. The topological polar surface area (TPSA) is 65.1 Å². The normalized spacial score (nSPS) is 18.5. The summed E-state index contributed by atoms with van der Waals surface area (Å²) >= 11 is 0. The van der Waals surface area contributed by atoms with E-state index in [1.165, 1.54) is 0 Å². The molecule has 0 aliphatic carbocycles. The molecule has 4 rings (SSSR count). The van der Waals surface area contributed by atoms with Gasteiger partial charge in [0, 0.05) is 62.3 Å². The fourth-order valence-corrected chi connectivity index (χ4v) is 5.00. The van der Waals surface area contributed by atoms with Gasteiger partial charge >= 0.3 is 0 Å². The zero-order valence-electron chi connectivity index (χ0n) is 22.1. The molecule has 2 aliphatic rings. The van der Waals surface area contributed by atoms with E-state index in [9.17, 15) is 9.59 Å². The molecule has 2 amide bonds. The van der Waals surface area contributed by atoms with Crippen LogP contribution in [0.5, 0.6) is 0 Å². The maximum atomic E-state index is 13.5. The summed E-state index contributed by atoms with van der Waals surface area (Å²) in [5.74, 6) is -0.340. The summed E-state index contributed by atoms with van der Waals surface area (Å²) in [5, 5.41) is 2.99. The number of carbonyl (C=O) groups excluding carboxylic acids is 2. The fourth-order valence-electron chi connectivity index (χ4n) is 5.00. The first kappa shape index (κ1) is 26.2. The van der Waals surface area contributed by atoms with E-state index in [4.69, 9.17) is 4.74 Å². The largest absolute Gasteiger partial charge is 0.376 e. The minimum Gasteiger partial charge on any atom is -0.376 e. The Kier molecular flexibility index (Phi) is 8.64. The van der Waals surface area contributed by atoms with Gasteiger partial charge in [-0.15, -0.1) is 0 Å².